The summed E-state index contributed by atoms with van der Waals surface area (Å²) in [5.74, 6) is 1.35. The average Bonchev–Trinajstić information content (AvgIpc) is 4.06. The van der Waals surface area contributed by atoms with Crippen molar-refractivity contribution in [3.63, 3.8) is 0 Å². The molecular weight excluding hydrogens is 963 g/mol. The summed E-state index contributed by atoms with van der Waals surface area (Å²) in [5.41, 5.74) is 14.2. The van der Waals surface area contributed by atoms with Crippen molar-refractivity contribution in [3.05, 3.63) is 95.3 Å². The van der Waals surface area contributed by atoms with Gasteiger partial charge in [-0.3, -0.25) is 19.3 Å². The Balaban J connectivity index is 0.645. The molecule has 2 saturated carbocycles. The Hall–Kier alpha value is -6.17. The number of aromatic nitrogens is 3. The van der Waals surface area contributed by atoms with E-state index in [9.17, 15) is 24.6 Å². The van der Waals surface area contributed by atoms with Crippen molar-refractivity contribution in [1.29, 1.82) is 0 Å². The van der Waals surface area contributed by atoms with Gasteiger partial charge in [0.2, 0.25) is 17.7 Å². The number of carbonyl (C=O) groups excluding carboxylic acids is 3. The van der Waals surface area contributed by atoms with Crippen LogP contribution in [-0.2, 0) is 20.9 Å². The number of hydrogen-bond donors (Lipinski definition) is 5. The third-order valence-corrected chi connectivity index (χ3v) is 18.5. The molecule has 3 amide bonds. The van der Waals surface area contributed by atoms with Gasteiger partial charge in [-0.2, -0.15) is 0 Å². The van der Waals surface area contributed by atoms with Crippen LogP contribution in [0.15, 0.2) is 89.0 Å². The number of aryl methyl sites for hydroxylation is 1. The number of β-amino-alcohol motifs (C(OH)–C–C–N with tert-alkyl or cyclic N) is 1. The molecule has 7 heterocycles. The number of hydrogen-bond acceptors (Lipinski definition) is 14. The van der Waals surface area contributed by atoms with Gasteiger partial charge in [-0.15, -0.1) is 21.5 Å². The van der Waals surface area contributed by atoms with Crippen molar-refractivity contribution in [2.75, 3.05) is 43.4 Å². The number of nitrogens with zero attached hydrogens (tertiary/aromatic N) is 8. The van der Waals surface area contributed by atoms with E-state index in [0.717, 1.165) is 118 Å². The molecule has 6 N–H and O–H groups in total. The number of para-hydroxylation sites is 1. The summed E-state index contributed by atoms with van der Waals surface area (Å²) in [5, 5.41) is 36.0. The first kappa shape index (κ1) is 51.0. The molecule has 5 aliphatic heterocycles. The molecule has 4 saturated heterocycles. The molecule has 2 unspecified atom stereocenters. The summed E-state index contributed by atoms with van der Waals surface area (Å²) in [7, 11) is 0. The fourth-order valence-electron chi connectivity index (χ4n) is 13.4. The molecule has 17 heteroatoms. The first-order chi connectivity index (χ1) is 36.1. The van der Waals surface area contributed by atoms with E-state index in [2.05, 4.69) is 58.9 Å². The molecule has 2 aromatic carbocycles. The Morgan fingerprint density at radius 3 is 2.33 bits per heavy atom. The lowest BCUT2D eigenvalue weighted by atomic mass is 9.56. The number of aliphatic imine (C=N–C) groups is 1. The van der Waals surface area contributed by atoms with Crippen LogP contribution >= 0.6 is 11.3 Å². The Morgan fingerprint density at radius 1 is 0.920 bits per heavy atom. The second-order valence-electron chi connectivity index (χ2n) is 23.7. The minimum Gasteiger partial charge on any atom is -0.507 e. The van der Waals surface area contributed by atoms with Crippen LogP contribution in [0.2, 0.25) is 0 Å². The largest absolute Gasteiger partial charge is 0.507 e. The van der Waals surface area contributed by atoms with Gasteiger partial charge < -0.3 is 41.3 Å². The number of anilines is 2. The molecule has 1 spiro atoms. The van der Waals surface area contributed by atoms with Crippen molar-refractivity contribution < 1.29 is 24.6 Å². The van der Waals surface area contributed by atoms with Crippen molar-refractivity contribution in [3.8, 4) is 27.4 Å². The molecular formula is C58H73N11O5S. The molecule has 5 atom stereocenters. The number of thiazole rings is 1. The number of phenols is 1. The third-order valence-electron chi connectivity index (χ3n) is 17.5. The van der Waals surface area contributed by atoms with Gasteiger partial charge in [-0.1, -0.05) is 69.3 Å². The second-order valence-corrected chi connectivity index (χ2v) is 24.6. The lowest BCUT2D eigenvalue weighted by Crippen LogP contribution is -2.67. The van der Waals surface area contributed by atoms with Crippen LogP contribution in [0.1, 0.15) is 103 Å². The molecule has 7 aliphatic rings. The lowest BCUT2D eigenvalue weighted by molar-refractivity contribution is -0.154. The molecule has 396 valence electrons. The van der Waals surface area contributed by atoms with Crippen LogP contribution in [0.3, 0.4) is 0 Å². The lowest BCUT2D eigenvalue weighted by Gasteiger charge is -2.61. The van der Waals surface area contributed by atoms with Crippen LogP contribution in [0.4, 0.5) is 11.5 Å². The Bertz CT molecular complexity index is 2860. The zero-order valence-electron chi connectivity index (χ0n) is 43.8. The second kappa shape index (κ2) is 20.7. The quantitative estimate of drug-likeness (QED) is 0.101. The molecule has 75 heavy (non-hydrogen) atoms. The SMILES string of the molecule is Cc1ncsc1-c1ccc(CNC(=O)[C@@H]2C[C@@H](O)CN2C(=O)[C@@H](NC(=O)C2CC3(C2)CN(C2CCC(C4=C/N=C(/N5C6CCC5CN(c5cc(-c7ccccc7O)nnc5N)C6)CC/C=C\4)CC2)C3)C(C)(C)C)cc1. The summed E-state index contributed by atoms with van der Waals surface area (Å²) in [6.45, 7) is 11.8. The highest BCUT2D eigenvalue weighted by Crippen LogP contribution is 2.54. The minimum absolute atomic E-state index is 0.0460. The van der Waals surface area contributed by atoms with Crippen molar-refractivity contribution in [2.45, 2.75) is 141 Å². The standard InChI is InChI=1S/C58H73N11O5S/c1-35-51(75-34-62-35)38-15-13-36(14-16-38)27-61-55(73)48-23-44(70)31-68(48)56(74)52(57(2,3)4)63-54(72)40-25-58(26-40)32-67(33-58)41-19-17-37(18-20-41)39-9-5-8-12-50(60-28-39)69-42-21-22-43(69)30-66(29-42)47-24-46(64-65-53(47)59)45-10-6-7-11-49(45)71/h5-7,9-11,13-16,24,28,34,37,40-44,48,52,70-71H,8,12,17-23,25-27,29-33H2,1-4H3,(H2,59,65)(H,61,73)(H,63,72)/b9-5-,39-28+,60-50+/t37?,41?,42?,43?,44-,48+,52-/m1/s1. The number of aliphatic hydroxyl groups is 1. The van der Waals surface area contributed by atoms with E-state index >= 15 is 0 Å². The molecule has 2 aliphatic carbocycles. The monoisotopic (exact) mass is 1040 g/mol. The average molecular weight is 1040 g/mol. The molecule has 6 fully saturated rings. The molecule has 2 aromatic heterocycles. The van der Waals surface area contributed by atoms with Gasteiger partial charge in [0.1, 0.15) is 23.7 Å². The number of aromatic hydroxyl groups is 1. The van der Waals surface area contributed by atoms with E-state index in [1.165, 1.54) is 16.3 Å². The number of amidine groups is 1. The van der Waals surface area contributed by atoms with Crippen LogP contribution in [0.25, 0.3) is 21.7 Å². The summed E-state index contributed by atoms with van der Waals surface area (Å²) in [6, 6.07) is 16.7. The molecule has 16 nitrogen and oxygen atoms in total. The number of carbonyl (C=O) groups is 3. The highest BCUT2D eigenvalue weighted by Gasteiger charge is 2.56. The number of aliphatic hydroxyl groups excluding tert-OH is 1. The van der Waals surface area contributed by atoms with Gasteiger partial charge in [-0.05, 0) is 116 Å². The molecule has 0 radical (unpaired) electrons. The maximum Gasteiger partial charge on any atom is 0.246 e. The first-order valence-electron chi connectivity index (χ1n) is 27.3. The number of piperazine rings is 1. The van der Waals surface area contributed by atoms with E-state index in [1.54, 1.807) is 23.5 Å². The number of allylic oxidation sites excluding steroid dienone is 3. The number of rotatable bonds is 11. The van der Waals surface area contributed by atoms with Gasteiger partial charge in [0.25, 0.3) is 0 Å². The maximum absolute atomic E-state index is 14.3. The fraction of sp³-hybridized carbons (Fsp3) is 0.534. The number of amides is 3. The summed E-state index contributed by atoms with van der Waals surface area (Å²) >= 11 is 1.59. The number of nitrogens with two attached hydrogens (primary N) is 1. The summed E-state index contributed by atoms with van der Waals surface area (Å²) in [4.78, 5) is 61.7. The van der Waals surface area contributed by atoms with Gasteiger partial charge in [0, 0.05) is 87.9 Å². The Labute approximate surface area is 444 Å². The number of nitrogens with one attached hydrogen (secondary N) is 2. The fourth-order valence-corrected chi connectivity index (χ4v) is 14.2. The maximum atomic E-state index is 14.3. The van der Waals surface area contributed by atoms with Crippen molar-refractivity contribution in [1.82, 2.24) is 40.5 Å². The van der Waals surface area contributed by atoms with E-state index in [-0.39, 0.29) is 47.8 Å². The highest BCUT2D eigenvalue weighted by molar-refractivity contribution is 7.13. The summed E-state index contributed by atoms with van der Waals surface area (Å²) in [6.07, 6.45) is 16.5. The topological polar surface area (TPSA) is 206 Å². The zero-order chi connectivity index (χ0) is 52.2. The van der Waals surface area contributed by atoms with Crippen LogP contribution in [-0.4, -0.2) is 133 Å². The molecule has 4 aromatic rings. The number of phenolic OH excluding ortho intramolecular Hbond substituents is 1. The number of fused-ring (bicyclic) bond motifs is 2. The van der Waals surface area contributed by atoms with Gasteiger partial charge in [0.05, 0.1) is 33.6 Å². The number of benzene rings is 2. The van der Waals surface area contributed by atoms with Crippen molar-refractivity contribution in [2.24, 2.45) is 27.7 Å². The third kappa shape index (κ3) is 10.4. The predicted octanol–water partition coefficient (Wildman–Crippen LogP) is 7.23. The number of likely N-dealkylation sites (tertiary alicyclic amines) is 2. The van der Waals surface area contributed by atoms with Gasteiger partial charge in [-0.25, -0.2) is 9.98 Å². The molecule has 11 rings (SSSR count). The smallest absolute Gasteiger partial charge is 0.246 e. The number of nitrogen functional groups attached to an aromatic ring is 1. The zero-order valence-corrected chi connectivity index (χ0v) is 44.6. The van der Waals surface area contributed by atoms with E-state index in [0.29, 0.717) is 47.7 Å². The van der Waals surface area contributed by atoms with Gasteiger partial charge >= 0.3 is 0 Å². The summed E-state index contributed by atoms with van der Waals surface area (Å²) < 4.78 is 0. The predicted molar refractivity (Wildman–Crippen MR) is 292 cm³/mol. The van der Waals surface area contributed by atoms with E-state index < -0.39 is 23.6 Å². The Morgan fingerprint density at radius 2 is 1.64 bits per heavy atom. The van der Waals surface area contributed by atoms with Crippen LogP contribution in [0, 0.1) is 29.6 Å². The Kier molecular flexibility index (Phi) is 14.1. The van der Waals surface area contributed by atoms with Crippen LogP contribution in [0.5, 0.6) is 5.75 Å². The first-order valence-corrected chi connectivity index (χ1v) is 28.2. The van der Waals surface area contributed by atoms with Crippen LogP contribution < -0.4 is 21.3 Å². The highest BCUT2D eigenvalue weighted by atomic mass is 32.1. The normalized spacial score (nSPS) is 28.0. The van der Waals surface area contributed by atoms with Crippen molar-refractivity contribution >= 4 is 46.4 Å². The van der Waals surface area contributed by atoms with Gasteiger partial charge in [0.15, 0.2) is 5.82 Å². The minimum atomic E-state index is -0.840. The van der Waals surface area contributed by atoms with E-state index in [1.807, 2.05) is 75.7 Å². The molecule has 2 bridgehead atoms. The van der Waals surface area contributed by atoms with E-state index in [4.69, 9.17) is 10.7 Å².